The predicted molar refractivity (Wildman–Crippen MR) is 123 cm³/mol. The van der Waals surface area contributed by atoms with Crippen LogP contribution in [0.3, 0.4) is 0 Å². The van der Waals surface area contributed by atoms with Crippen molar-refractivity contribution in [3.05, 3.63) is 82.7 Å². The van der Waals surface area contributed by atoms with E-state index in [-0.39, 0.29) is 28.6 Å². The number of hydrogen-bond acceptors (Lipinski definition) is 6. The number of aliphatic imine (C=N–C) groups is 1. The Hall–Kier alpha value is -4.07. The van der Waals surface area contributed by atoms with Crippen molar-refractivity contribution < 1.29 is 9.59 Å². The van der Waals surface area contributed by atoms with E-state index in [1.54, 1.807) is 18.3 Å². The number of anilines is 2. The van der Waals surface area contributed by atoms with Crippen LogP contribution in [0, 0.1) is 0 Å². The lowest BCUT2D eigenvalue weighted by Gasteiger charge is -2.07. The van der Waals surface area contributed by atoms with Crippen molar-refractivity contribution in [2.75, 3.05) is 11.5 Å². The number of aromatic nitrogens is 2. The van der Waals surface area contributed by atoms with Gasteiger partial charge in [0.05, 0.1) is 11.1 Å². The van der Waals surface area contributed by atoms with Crippen LogP contribution in [0.4, 0.5) is 11.6 Å². The Morgan fingerprint density at radius 1 is 1.03 bits per heavy atom. The number of aryl methyl sites for hydroxylation is 2. The molecule has 31 heavy (non-hydrogen) atoms. The molecular formula is C23H26N6O2. The van der Waals surface area contributed by atoms with E-state index in [4.69, 9.17) is 17.2 Å². The normalized spacial score (nSPS) is 10.7. The van der Waals surface area contributed by atoms with Crippen LogP contribution in [-0.2, 0) is 12.8 Å². The highest BCUT2D eigenvalue weighted by Gasteiger charge is 2.13. The quantitative estimate of drug-likeness (QED) is 0.316. The number of rotatable bonds is 6. The molecule has 0 saturated carbocycles. The lowest BCUT2D eigenvalue weighted by atomic mass is 10.0. The number of pyridine rings is 2. The van der Waals surface area contributed by atoms with Crippen LogP contribution in [0.15, 0.2) is 59.9 Å². The van der Waals surface area contributed by atoms with Crippen LogP contribution in [0.1, 0.15) is 51.3 Å². The van der Waals surface area contributed by atoms with Crippen LogP contribution in [-0.4, -0.2) is 28.0 Å². The molecule has 6 N–H and O–H groups in total. The number of amides is 1. The van der Waals surface area contributed by atoms with Gasteiger partial charge in [0.1, 0.15) is 17.5 Å². The van der Waals surface area contributed by atoms with Crippen molar-refractivity contribution in [3.63, 3.8) is 0 Å². The maximum atomic E-state index is 12.4. The largest absolute Gasteiger partial charge is 0.383 e. The molecule has 0 bridgehead atoms. The van der Waals surface area contributed by atoms with E-state index >= 15 is 0 Å². The molecule has 0 unspecified atom stereocenters. The highest BCUT2D eigenvalue weighted by Crippen LogP contribution is 2.16. The third kappa shape index (κ3) is 6.20. The number of aldehydes is 1. The van der Waals surface area contributed by atoms with Crippen molar-refractivity contribution in [3.8, 4) is 0 Å². The highest BCUT2D eigenvalue weighted by atomic mass is 16.1. The minimum atomic E-state index is -0.523. The Balaban J connectivity index is 0.00000166. The van der Waals surface area contributed by atoms with Gasteiger partial charge in [-0.1, -0.05) is 32.0 Å². The summed E-state index contributed by atoms with van der Waals surface area (Å²) >= 11 is 0. The van der Waals surface area contributed by atoms with Gasteiger partial charge in [-0.3, -0.25) is 14.6 Å². The smallest absolute Gasteiger partial charge is 0.278 e. The minimum absolute atomic E-state index is 0.00657. The molecule has 0 saturated heterocycles. The highest BCUT2D eigenvalue weighted by molar-refractivity contribution is 6.11. The number of benzene rings is 1. The molecule has 0 aliphatic rings. The molecule has 0 atom stereocenters. The Morgan fingerprint density at radius 3 is 2.32 bits per heavy atom. The standard InChI is InChI=1S/C21H20N6O2.C2H6/c22-18-16(12-28)10-17(19(23)26-18)20(24)27-21(29)15-7-5-13(6-8-15)3-4-14-2-1-9-25-11-14;1-2/h1-2,5-12H,3-4H2,(H4,22,23,26)(H2,24,27,29);1-2H3. The van der Waals surface area contributed by atoms with E-state index in [1.165, 1.54) is 6.07 Å². The van der Waals surface area contributed by atoms with Gasteiger partial charge in [0.15, 0.2) is 6.29 Å². The third-order valence-electron chi connectivity index (χ3n) is 4.36. The van der Waals surface area contributed by atoms with E-state index in [9.17, 15) is 9.59 Å². The Bertz CT molecular complexity index is 1060. The van der Waals surface area contributed by atoms with Gasteiger partial charge in [-0.2, -0.15) is 4.99 Å². The summed E-state index contributed by atoms with van der Waals surface area (Å²) in [6.07, 6.45) is 5.79. The average Bonchev–Trinajstić information content (AvgIpc) is 2.80. The lowest BCUT2D eigenvalue weighted by Crippen LogP contribution is -2.19. The summed E-state index contributed by atoms with van der Waals surface area (Å²) in [6, 6.07) is 12.4. The fraction of sp³-hybridized carbons (Fsp3) is 0.174. The van der Waals surface area contributed by atoms with Gasteiger partial charge >= 0.3 is 0 Å². The molecule has 1 amide bonds. The second-order valence-electron chi connectivity index (χ2n) is 6.37. The van der Waals surface area contributed by atoms with Crippen LogP contribution in [0.25, 0.3) is 0 Å². The van der Waals surface area contributed by atoms with Crippen molar-refractivity contribution in [2.45, 2.75) is 26.7 Å². The van der Waals surface area contributed by atoms with Crippen molar-refractivity contribution >= 4 is 29.7 Å². The number of nitrogen functional groups attached to an aromatic ring is 2. The molecule has 0 radical (unpaired) electrons. The lowest BCUT2D eigenvalue weighted by molar-refractivity contribution is 0.100. The van der Waals surface area contributed by atoms with Crippen molar-refractivity contribution in [2.24, 2.45) is 10.7 Å². The summed E-state index contributed by atoms with van der Waals surface area (Å²) in [5, 5.41) is 0. The van der Waals surface area contributed by atoms with Gasteiger partial charge in [-0.25, -0.2) is 4.98 Å². The zero-order chi connectivity index (χ0) is 22.8. The van der Waals surface area contributed by atoms with Crippen molar-refractivity contribution in [1.82, 2.24) is 9.97 Å². The molecule has 0 aliphatic heterocycles. The van der Waals surface area contributed by atoms with Gasteiger partial charge in [-0.05, 0) is 48.2 Å². The number of carbonyl (C=O) groups excluding carboxylic acids is 2. The Kier molecular flexibility index (Phi) is 8.39. The summed E-state index contributed by atoms with van der Waals surface area (Å²) in [7, 11) is 0. The van der Waals surface area contributed by atoms with E-state index in [0.29, 0.717) is 11.8 Å². The van der Waals surface area contributed by atoms with Crippen LogP contribution < -0.4 is 17.2 Å². The zero-order valence-corrected chi connectivity index (χ0v) is 17.6. The fourth-order valence-electron chi connectivity index (χ4n) is 2.74. The van der Waals surface area contributed by atoms with E-state index in [1.807, 2.05) is 44.3 Å². The minimum Gasteiger partial charge on any atom is -0.383 e. The summed E-state index contributed by atoms with van der Waals surface area (Å²) in [4.78, 5) is 35.3. The van der Waals surface area contributed by atoms with E-state index in [0.717, 1.165) is 24.0 Å². The van der Waals surface area contributed by atoms with Gasteiger partial charge in [-0.15, -0.1) is 0 Å². The number of carbonyl (C=O) groups is 2. The van der Waals surface area contributed by atoms with E-state index in [2.05, 4.69) is 15.0 Å². The first-order valence-corrected chi connectivity index (χ1v) is 9.86. The first-order chi connectivity index (χ1) is 15.0. The summed E-state index contributed by atoms with van der Waals surface area (Å²) in [5.74, 6) is -0.677. The molecule has 3 aromatic rings. The van der Waals surface area contributed by atoms with E-state index < -0.39 is 5.91 Å². The molecule has 8 nitrogen and oxygen atoms in total. The molecule has 1 aromatic carbocycles. The summed E-state index contributed by atoms with van der Waals surface area (Å²) in [5.41, 5.74) is 20.2. The molecular weight excluding hydrogens is 392 g/mol. The summed E-state index contributed by atoms with van der Waals surface area (Å²) < 4.78 is 0. The SMILES string of the molecule is CC.NC(=NC(=O)c1ccc(CCc2cccnc2)cc1)c1cc(C=O)c(N)nc1N. The predicted octanol–water partition coefficient (Wildman–Crippen LogP) is 2.81. The summed E-state index contributed by atoms with van der Waals surface area (Å²) in [6.45, 7) is 4.00. The van der Waals surface area contributed by atoms with Crippen molar-refractivity contribution in [1.29, 1.82) is 0 Å². The Morgan fingerprint density at radius 2 is 1.71 bits per heavy atom. The molecule has 160 valence electrons. The molecule has 0 fully saturated rings. The maximum Gasteiger partial charge on any atom is 0.278 e. The Labute approximate surface area is 181 Å². The second-order valence-corrected chi connectivity index (χ2v) is 6.37. The molecule has 0 aliphatic carbocycles. The third-order valence-corrected chi connectivity index (χ3v) is 4.36. The monoisotopic (exact) mass is 418 g/mol. The van der Waals surface area contributed by atoms with Gasteiger partial charge in [0, 0.05) is 18.0 Å². The molecule has 3 rings (SSSR count). The molecule has 0 spiro atoms. The number of nitrogens with zero attached hydrogens (tertiary/aromatic N) is 3. The molecule has 8 heteroatoms. The average molecular weight is 419 g/mol. The first-order valence-electron chi connectivity index (χ1n) is 9.86. The molecule has 2 heterocycles. The van der Waals surface area contributed by atoms with Gasteiger partial charge in [0.25, 0.3) is 5.91 Å². The maximum absolute atomic E-state index is 12.4. The van der Waals surface area contributed by atoms with Gasteiger partial charge < -0.3 is 17.2 Å². The second kappa shape index (κ2) is 11.2. The van der Waals surface area contributed by atoms with Gasteiger partial charge in [0.2, 0.25) is 0 Å². The zero-order valence-electron chi connectivity index (χ0n) is 17.6. The van der Waals surface area contributed by atoms with Crippen LogP contribution in [0.5, 0.6) is 0 Å². The number of nitrogens with two attached hydrogens (primary N) is 3. The first kappa shape index (κ1) is 23.2. The fourth-order valence-corrected chi connectivity index (χ4v) is 2.74. The molecule has 2 aromatic heterocycles. The van der Waals surface area contributed by atoms with Crippen LogP contribution in [0.2, 0.25) is 0 Å². The topological polar surface area (TPSA) is 150 Å². The number of hydrogen-bond donors (Lipinski definition) is 3. The number of amidine groups is 1. The van der Waals surface area contributed by atoms with Crippen LogP contribution >= 0.6 is 0 Å².